The second-order valence-corrected chi connectivity index (χ2v) is 13.3. The number of fused-ring (bicyclic) bond motifs is 6. The van der Waals surface area contributed by atoms with Crippen molar-refractivity contribution in [1.29, 1.82) is 21.0 Å². The van der Waals surface area contributed by atoms with Crippen molar-refractivity contribution in [2.75, 3.05) is 0 Å². The first-order valence-corrected chi connectivity index (χ1v) is 16.7. The van der Waals surface area contributed by atoms with Gasteiger partial charge in [0.25, 0.3) is 0 Å². The highest BCUT2D eigenvalue weighted by molar-refractivity contribution is 6.11. The summed E-state index contributed by atoms with van der Waals surface area (Å²) in [6, 6.07) is 19.0. The smallest absolute Gasteiger partial charge is 0.192 e. The van der Waals surface area contributed by atoms with Gasteiger partial charge < -0.3 is 0 Å². The Hall–Kier alpha value is -7.30. The summed E-state index contributed by atoms with van der Waals surface area (Å²) in [4.78, 5) is 0. The van der Waals surface area contributed by atoms with Crippen LogP contribution in [-0.2, 0) is 12.4 Å². The molecule has 0 atom stereocenters. The fourth-order valence-corrected chi connectivity index (χ4v) is 7.31. The fraction of sp³-hybridized carbons (Fsp3) is 0.116. The number of nitriles is 4. The molecule has 0 radical (unpaired) electrons. The summed E-state index contributed by atoms with van der Waals surface area (Å²) in [5.74, 6) is 0. The third kappa shape index (κ3) is 6.93. The van der Waals surface area contributed by atoms with E-state index in [-0.39, 0.29) is 62.2 Å². The third-order valence-electron chi connectivity index (χ3n) is 9.93. The van der Waals surface area contributed by atoms with E-state index < -0.39 is 70.1 Å². The van der Waals surface area contributed by atoms with Gasteiger partial charge in [0.2, 0.25) is 0 Å². The first-order chi connectivity index (χ1) is 27.6. The van der Waals surface area contributed by atoms with Crippen molar-refractivity contribution in [3.05, 3.63) is 146 Å². The lowest BCUT2D eigenvalue weighted by atomic mass is 9.92. The maximum Gasteiger partial charge on any atom is 0.416 e. The van der Waals surface area contributed by atoms with Crippen molar-refractivity contribution < 1.29 is 52.7 Å². The number of hydrogen-bond acceptors (Lipinski definition) is 4. The van der Waals surface area contributed by atoms with Gasteiger partial charge >= 0.3 is 24.7 Å². The highest BCUT2D eigenvalue weighted by atomic mass is 19.4. The van der Waals surface area contributed by atoms with Gasteiger partial charge in [-0.1, -0.05) is 30.3 Å². The zero-order chi connectivity index (χ0) is 43.0. The molecule has 4 nitrogen and oxygen atoms in total. The number of benzene rings is 4. The van der Waals surface area contributed by atoms with Crippen LogP contribution in [0.1, 0.15) is 45.4 Å². The predicted octanol–water partition coefficient (Wildman–Crippen LogP) is 12.8. The summed E-state index contributed by atoms with van der Waals surface area (Å²) < 4.78 is 165. The van der Waals surface area contributed by atoms with Crippen LogP contribution in [0.3, 0.4) is 0 Å². The van der Waals surface area contributed by atoms with Crippen molar-refractivity contribution in [1.82, 2.24) is 0 Å². The molecule has 0 aliphatic heterocycles. The van der Waals surface area contributed by atoms with E-state index in [4.69, 9.17) is 0 Å². The van der Waals surface area contributed by atoms with Crippen LogP contribution in [0.2, 0.25) is 0 Å². The minimum Gasteiger partial charge on any atom is -0.192 e. The van der Waals surface area contributed by atoms with E-state index in [1.165, 1.54) is 42.5 Å². The van der Waals surface area contributed by atoms with Gasteiger partial charge in [-0.15, -0.1) is 0 Å². The molecular formula is C43H16F12N4. The van der Waals surface area contributed by atoms with E-state index in [9.17, 15) is 73.7 Å². The number of hydrogen-bond donors (Lipinski definition) is 0. The van der Waals surface area contributed by atoms with Gasteiger partial charge in [0.15, 0.2) is 0 Å². The highest BCUT2D eigenvalue weighted by Gasteiger charge is 2.41. The molecule has 0 saturated heterocycles. The minimum atomic E-state index is -5.17. The Morgan fingerprint density at radius 3 is 1.31 bits per heavy atom. The second kappa shape index (κ2) is 13.7. The van der Waals surface area contributed by atoms with Crippen LogP contribution < -0.4 is 0 Å². The Labute approximate surface area is 325 Å². The molecule has 4 aromatic rings. The zero-order valence-corrected chi connectivity index (χ0v) is 29.1. The average molecular weight is 817 g/mol. The summed E-state index contributed by atoms with van der Waals surface area (Å²) in [5, 5.41) is 40.1. The molecule has 7 rings (SSSR count). The molecule has 59 heavy (non-hydrogen) atoms. The first kappa shape index (κ1) is 39.9. The Morgan fingerprint density at radius 1 is 0.424 bits per heavy atom. The normalized spacial score (nSPS) is 14.5. The lowest BCUT2D eigenvalue weighted by molar-refractivity contribution is -0.143. The maximum absolute atomic E-state index is 13.9. The van der Waals surface area contributed by atoms with Gasteiger partial charge in [-0.25, -0.2) is 0 Å². The van der Waals surface area contributed by atoms with Crippen molar-refractivity contribution in [3.63, 3.8) is 0 Å². The molecule has 0 fully saturated rings. The fourth-order valence-electron chi connectivity index (χ4n) is 7.31. The Balaban J connectivity index is 1.43. The topological polar surface area (TPSA) is 95.2 Å². The summed E-state index contributed by atoms with van der Waals surface area (Å²) in [6.45, 7) is 0. The standard InChI is InChI=1S/C43H16F12N4/c44-40(45,46)26-4-1-20(7-27(12-26)41(47,48)49)21-2-5-30-32-14-33-31-6-3-22(23-8-28(42(50,51)52)13-29(9-23)43(53,54)55)11-35(31)39(25(18-58)19-59)37(33)15-36(32)38(34(30)10-21)24(16-56)17-57/h1-3,5-15H,4H2. The summed E-state index contributed by atoms with van der Waals surface area (Å²) in [7, 11) is 0. The van der Waals surface area contributed by atoms with Crippen LogP contribution in [0.5, 0.6) is 0 Å². The van der Waals surface area contributed by atoms with Crippen LogP contribution >= 0.6 is 0 Å². The molecule has 0 amide bonds. The quantitative estimate of drug-likeness (QED) is 0.128. The van der Waals surface area contributed by atoms with Gasteiger partial charge in [0.1, 0.15) is 35.4 Å². The minimum absolute atomic E-state index is 0.00776. The molecule has 0 N–H and O–H groups in total. The van der Waals surface area contributed by atoms with E-state index in [1.807, 2.05) is 0 Å². The molecule has 0 aromatic heterocycles. The first-order valence-electron chi connectivity index (χ1n) is 16.7. The maximum atomic E-state index is 13.9. The molecule has 0 spiro atoms. The van der Waals surface area contributed by atoms with Crippen LogP contribution in [0.4, 0.5) is 52.7 Å². The summed E-state index contributed by atoms with van der Waals surface area (Å²) >= 11 is 0. The van der Waals surface area contributed by atoms with E-state index in [0.717, 1.165) is 6.08 Å². The lowest BCUT2D eigenvalue weighted by Crippen LogP contribution is -2.15. The SMILES string of the molecule is N#CC(C#N)=C1c2cc(C3=CCC(C(F)(F)F)=CC(C(F)(F)F)=C3)ccc2-c2cc3c(cc21)C(=C(C#N)C#N)c1cc(-c2cc(C(F)(F)F)cc(C(F)(F)F)c2)ccc1-3. The lowest BCUT2D eigenvalue weighted by Gasteiger charge is -2.15. The molecule has 4 aromatic carbocycles. The highest BCUT2D eigenvalue weighted by Crippen LogP contribution is 2.54. The monoisotopic (exact) mass is 816 g/mol. The van der Waals surface area contributed by atoms with Crippen LogP contribution in [0.15, 0.2) is 107 Å². The Morgan fingerprint density at radius 2 is 0.864 bits per heavy atom. The van der Waals surface area contributed by atoms with E-state index >= 15 is 0 Å². The average Bonchev–Trinajstić information content (AvgIpc) is 3.50. The number of rotatable bonds is 2. The Kier molecular flexibility index (Phi) is 9.25. The summed E-state index contributed by atoms with van der Waals surface area (Å²) in [6.07, 6.45) is -19.9. The van der Waals surface area contributed by atoms with Gasteiger partial charge in [0, 0.05) is 16.7 Å². The van der Waals surface area contributed by atoms with E-state index in [2.05, 4.69) is 0 Å². The number of halogens is 12. The molecule has 0 saturated carbocycles. The number of allylic oxidation sites excluding steroid dienone is 8. The summed E-state index contributed by atoms with van der Waals surface area (Å²) in [5.41, 5.74) is -6.26. The second-order valence-electron chi connectivity index (χ2n) is 13.3. The molecule has 292 valence electrons. The van der Waals surface area contributed by atoms with Crippen molar-refractivity contribution in [2.24, 2.45) is 0 Å². The number of nitrogens with zero attached hydrogens (tertiary/aromatic N) is 4. The zero-order valence-electron chi connectivity index (χ0n) is 29.1. The number of alkyl halides is 12. The van der Waals surface area contributed by atoms with E-state index in [0.29, 0.717) is 40.5 Å². The molecule has 16 heteroatoms. The van der Waals surface area contributed by atoms with Crippen LogP contribution in [-0.4, -0.2) is 12.4 Å². The Bertz CT molecular complexity index is 2820. The third-order valence-corrected chi connectivity index (χ3v) is 9.93. The van der Waals surface area contributed by atoms with Crippen LogP contribution in [0, 0.1) is 45.3 Å². The van der Waals surface area contributed by atoms with E-state index in [1.54, 1.807) is 30.3 Å². The molecular weight excluding hydrogens is 800 g/mol. The van der Waals surface area contributed by atoms with Gasteiger partial charge in [-0.05, 0) is 128 Å². The molecule has 0 unspecified atom stereocenters. The largest absolute Gasteiger partial charge is 0.416 e. The predicted molar refractivity (Wildman–Crippen MR) is 188 cm³/mol. The molecule has 3 aliphatic carbocycles. The van der Waals surface area contributed by atoms with Gasteiger partial charge in [0.05, 0.1) is 16.7 Å². The van der Waals surface area contributed by atoms with Gasteiger partial charge in [-0.3, -0.25) is 0 Å². The van der Waals surface area contributed by atoms with Crippen molar-refractivity contribution in [3.8, 4) is 57.7 Å². The van der Waals surface area contributed by atoms with Crippen molar-refractivity contribution >= 4 is 16.7 Å². The molecule has 0 heterocycles. The van der Waals surface area contributed by atoms with Crippen molar-refractivity contribution in [2.45, 2.75) is 31.1 Å². The van der Waals surface area contributed by atoms with Gasteiger partial charge in [-0.2, -0.15) is 73.7 Å². The van der Waals surface area contributed by atoms with Crippen LogP contribution in [0.25, 0.3) is 50.1 Å². The molecule has 3 aliphatic rings. The molecule has 0 bridgehead atoms.